The lowest BCUT2D eigenvalue weighted by molar-refractivity contribution is -0.113. The van der Waals surface area contributed by atoms with Gasteiger partial charge >= 0.3 is 0 Å². The van der Waals surface area contributed by atoms with Gasteiger partial charge in [-0.1, -0.05) is 23.9 Å². The third-order valence-electron chi connectivity index (χ3n) is 2.97. The van der Waals surface area contributed by atoms with Crippen molar-refractivity contribution >= 4 is 44.9 Å². The molecule has 6 heteroatoms. The molecule has 0 atom stereocenters. The van der Waals surface area contributed by atoms with Gasteiger partial charge in [-0.15, -0.1) is 11.3 Å². The van der Waals surface area contributed by atoms with Crippen molar-refractivity contribution in [3.63, 3.8) is 0 Å². The first-order valence-corrected chi connectivity index (χ1v) is 8.47. The molecule has 0 fully saturated rings. The van der Waals surface area contributed by atoms with E-state index < -0.39 is 0 Å². The molecule has 22 heavy (non-hydrogen) atoms. The third kappa shape index (κ3) is 3.58. The Hall–Kier alpha value is -2.05. The topological polar surface area (TPSA) is 51.2 Å². The number of hydrogen-bond acceptors (Lipinski definition) is 5. The molecule has 0 unspecified atom stereocenters. The van der Waals surface area contributed by atoms with Crippen LogP contribution in [0.1, 0.15) is 0 Å². The summed E-state index contributed by atoms with van der Waals surface area (Å²) in [5.74, 6) is 1.06. The molecule has 112 valence electrons. The number of thioether (sulfide) groups is 1. The number of methoxy groups -OCH3 is 1. The molecule has 1 heterocycles. The van der Waals surface area contributed by atoms with Crippen LogP contribution in [-0.2, 0) is 4.79 Å². The van der Waals surface area contributed by atoms with Crippen molar-refractivity contribution in [3.05, 3.63) is 48.5 Å². The summed E-state index contributed by atoms with van der Waals surface area (Å²) in [6.07, 6.45) is 0. The van der Waals surface area contributed by atoms with Crippen LogP contribution in [0.3, 0.4) is 0 Å². The molecule has 1 N–H and O–H groups in total. The molecule has 0 radical (unpaired) electrons. The molecule has 0 aliphatic rings. The molecule has 2 aromatic carbocycles. The fourth-order valence-corrected chi connectivity index (χ4v) is 3.78. The summed E-state index contributed by atoms with van der Waals surface area (Å²) in [4.78, 5) is 16.5. The minimum atomic E-state index is -0.0468. The van der Waals surface area contributed by atoms with Gasteiger partial charge in [-0.05, 0) is 36.4 Å². The first-order chi connectivity index (χ1) is 10.7. The van der Waals surface area contributed by atoms with E-state index in [1.165, 1.54) is 11.8 Å². The highest BCUT2D eigenvalue weighted by molar-refractivity contribution is 8.01. The van der Waals surface area contributed by atoms with Crippen molar-refractivity contribution in [2.24, 2.45) is 0 Å². The monoisotopic (exact) mass is 330 g/mol. The summed E-state index contributed by atoms with van der Waals surface area (Å²) >= 11 is 3.06. The molecule has 3 aromatic rings. The fourth-order valence-electron chi connectivity index (χ4n) is 1.91. The second kappa shape index (κ2) is 6.81. The van der Waals surface area contributed by atoms with Gasteiger partial charge < -0.3 is 10.1 Å². The summed E-state index contributed by atoms with van der Waals surface area (Å²) < 4.78 is 7.13. The molecular formula is C16H14N2O2S2. The highest BCUT2D eigenvalue weighted by Gasteiger charge is 2.08. The molecule has 1 aromatic heterocycles. The minimum absolute atomic E-state index is 0.0468. The maximum Gasteiger partial charge on any atom is 0.234 e. The van der Waals surface area contributed by atoms with Gasteiger partial charge in [0.2, 0.25) is 5.91 Å². The van der Waals surface area contributed by atoms with Crippen molar-refractivity contribution in [2.45, 2.75) is 4.34 Å². The number of benzene rings is 2. The molecule has 3 rings (SSSR count). The average molecular weight is 330 g/mol. The van der Waals surface area contributed by atoms with E-state index in [9.17, 15) is 4.79 Å². The van der Waals surface area contributed by atoms with Crippen LogP contribution in [0.5, 0.6) is 5.75 Å². The molecular weight excluding hydrogens is 316 g/mol. The molecule has 0 spiro atoms. The fraction of sp³-hybridized carbons (Fsp3) is 0.125. The number of thiazole rings is 1. The Balaban J connectivity index is 1.57. The minimum Gasteiger partial charge on any atom is -0.497 e. The van der Waals surface area contributed by atoms with Crippen LogP contribution in [0.4, 0.5) is 5.69 Å². The molecule has 0 bridgehead atoms. The first-order valence-electron chi connectivity index (χ1n) is 6.67. The van der Waals surface area contributed by atoms with Crippen LogP contribution in [0, 0.1) is 0 Å². The zero-order valence-corrected chi connectivity index (χ0v) is 13.5. The van der Waals surface area contributed by atoms with Crippen molar-refractivity contribution in [1.29, 1.82) is 0 Å². The lowest BCUT2D eigenvalue weighted by Gasteiger charge is -2.05. The van der Waals surface area contributed by atoms with E-state index in [-0.39, 0.29) is 5.91 Å². The number of para-hydroxylation sites is 1. The lowest BCUT2D eigenvalue weighted by Crippen LogP contribution is -2.13. The van der Waals surface area contributed by atoms with Crippen LogP contribution < -0.4 is 10.1 Å². The van der Waals surface area contributed by atoms with Crippen LogP contribution >= 0.6 is 23.1 Å². The van der Waals surface area contributed by atoms with Gasteiger partial charge in [0.25, 0.3) is 0 Å². The molecule has 1 amide bonds. The number of nitrogens with zero attached hydrogens (tertiary/aromatic N) is 1. The zero-order chi connectivity index (χ0) is 15.4. The van der Waals surface area contributed by atoms with Crippen LogP contribution in [0.2, 0.25) is 0 Å². The SMILES string of the molecule is COc1ccc(NC(=O)CSc2nc3ccccc3s2)cc1. The van der Waals surface area contributed by atoms with E-state index in [2.05, 4.69) is 10.3 Å². The number of fused-ring (bicyclic) bond motifs is 1. The van der Waals surface area contributed by atoms with Gasteiger partial charge in [0.15, 0.2) is 4.34 Å². The number of anilines is 1. The van der Waals surface area contributed by atoms with Crippen LogP contribution in [-0.4, -0.2) is 23.8 Å². The normalized spacial score (nSPS) is 10.6. The van der Waals surface area contributed by atoms with E-state index in [1.807, 2.05) is 48.5 Å². The summed E-state index contributed by atoms with van der Waals surface area (Å²) in [5, 5.41) is 2.86. The number of nitrogens with one attached hydrogen (secondary N) is 1. The molecule has 0 aliphatic heterocycles. The van der Waals surface area contributed by atoms with Crippen molar-refractivity contribution < 1.29 is 9.53 Å². The Morgan fingerprint density at radius 2 is 2.00 bits per heavy atom. The number of aromatic nitrogens is 1. The number of carbonyl (C=O) groups excluding carboxylic acids is 1. The molecule has 0 saturated carbocycles. The zero-order valence-electron chi connectivity index (χ0n) is 11.9. The number of hydrogen-bond donors (Lipinski definition) is 1. The summed E-state index contributed by atoms with van der Waals surface area (Å²) in [5.41, 5.74) is 1.74. The Kier molecular flexibility index (Phi) is 4.60. The maximum atomic E-state index is 12.0. The van der Waals surface area contributed by atoms with Gasteiger partial charge in [-0.3, -0.25) is 4.79 Å². The Bertz CT molecular complexity index is 751. The lowest BCUT2D eigenvalue weighted by atomic mass is 10.3. The van der Waals surface area contributed by atoms with Crippen molar-refractivity contribution in [2.75, 3.05) is 18.2 Å². The van der Waals surface area contributed by atoms with Crippen molar-refractivity contribution in [1.82, 2.24) is 4.98 Å². The predicted molar refractivity (Wildman–Crippen MR) is 92.0 cm³/mol. The summed E-state index contributed by atoms with van der Waals surface area (Å²) in [6.45, 7) is 0. The summed E-state index contributed by atoms with van der Waals surface area (Å²) in [6, 6.07) is 15.2. The van der Waals surface area contributed by atoms with Gasteiger partial charge in [0, 0.05) is 5.69 Å². The Morgan fingerprint density at radius 1 is 1.23 bits per heavy atom. The van der Waals surface area contributed by atoms with Gasteiger partial charge in [-0.2, -0.15) is 0 Å². The van der Waals surface area contributed by atoms with E-state index in [1.54, 1.807) is 18.4 Å². The molecule has 0 saturated heterocycles. The molecule has 4 nitrogen and oxygen atoms in total. The largest absolute Gasteiger partial charge is 0.497 e. The summed E-state index contributed by atoms with van der Waals surface area (Å²) in [7, 11) is 1.61. The standard InChI is InChI=1S/C16H14N2O2S2/c1-20-12-8-6-11(7-9-12)17-15(19)10-21-16-18-13-4-2-3-5-14(13)22-16/h2-9H,10H2,1H3,(H,17,19). The average Bonchev–Trinajstić information content (AvgIpc) is 2.96. The van der Waals surface area contributed by atoms with E-state index >= 15 is 0 Å². The van der Waals surface area contributed by atoms with Gasteiger partial charge in [0.1, 0.15) is 5.75 Å². The number of ether oxygens (including phenoxy) is 1. The number of carbonyl (C=O) groups is 1. The highest BCUT2D eigenvalue weighted by Crippen LogP contribution is 2.29. The first kappa shape index (κ1) is 14.9. The predicted octanol–water partition coefficient (Wildman–Crippen LogP) is 4.04. The number of rotatable bonds is 5. The van der Waals surface area contributed by atoms with Gasteiger partial charge in [0.05, 0.1) is 23.1 Å². The smallest absolute Gasteiger partial charge is 0.234 e. The second-order valence-electron chi connectivity index (χ2n) is 4.51. The van der Waals surface area contributed by atoms with Crippen LogP contribution in [0.25, 0.3) is 10.2 Å². The van der Waals surface area contributed by atoms with Crippen molar-refractivity contribution in [3.8, 4) is 5.75 Å². The quantitative estimate of drug-likeness (QED) is 0.718. The number of amides is 1. The second-order valence-corrected chi connectivity index (χ2v) is 6.77. The van der Waals surface area contributed by atoms with Gasteiger partial charge in [-0.25, -0.2) is 4.98 Å². The van der Waals surface area contributed by atoms with E-state index in [0.717, 1.165) is 26.0 Å². The van der Waals surface area contributed by atoms with E-state index in [0.29, 0.717) is 5.75 Å². The third-order valence-corrected chi connectivity index (χ3v) is 5.15. The van der Waals surface area contributed by atoms with Crippen LogP contribution in [0.15, 0.2) is 52.9 Å². The van der Waals surface area contributed by atoms with E-state index in [4.69, 9.17) is 4.74 Å². The highest BCUT2D eigenvalue weighted by atomic mass is 32.2. The Labute approximate surface area is 136 Å². The molecule has 0 aliphatic carbocycles. The maximum absolute atomic E-state index is 12.0. The Morgan fingerprint density at radius 3 is 2.73 bits per heavy atom.